The van der Waals surface area contributed by atoms with Crippen molar-refractivity contribution in [2.24, 2.45) is 0 Å². The van der Waals surface area contributed by atoms with Gasteiger partial charge in [-0.05, 0) is 39.8 Å². The molecule has 0 N–H and O–H groups in total. The van der Waals surface area contributed by atoms with E-state index < -0.39 is 10.0 Å². The molecule has 1 aromatic carbocycles. The number of hydrogen-bond acceptors (Lipinski definition) is 5. The molecule has 0 amide bonds. The van der Waals surface area contributed by atoms with Crippen molar-refractivity contribution < 1.29 is 12.9 Å². The lowest BCUT2D eigenvalue weighted by Crippen LogP contribution is -2.53. The van der Waals surface area contributed by atoms with Crippen molar-refractivity contribution >= 4 is 15.7 Å². The maximum Gasteiger partial charge on any atom is 0.248 e. The minimum Gasteiger partial charge on any atom is -0.366 e. The summed E-state index contributed by atoms with van der Waals surface area (Å²) in [4.78, 5) is 2.46. The van der Waals surface area contributed by atoms with Crippen molar-refractivity contribution in [1.29, 1.82) is 0 Å². The van der Waals surface area contributed by atoms with E-state index in [0.29, 0.717) is 31.1 Å². The van der Waals surface area contributed by atoms with E-state index in [0.717, 1.165) is 5.69 Å². The largest absolute Gasteiger partial charge is 0.366 e. The molecule has 1 aliphatic rings. The van der Waals surface area contributed by atoms with E-state index in [4.69, 9.17) is 4.52 Å². The summed E-state index contributed by atoms with van der Waals surface area (Å²) in [5.41, 5.74) is 2.76. The number of hydrogen-bond donors (Lipinski definition) is 0. The van der Waals surface area contributed by atoms with Gasteiger partial charge in [0.15, 0.2) is 5.76 Å². The number of aryl methyl sites for hydroxylation is 3. The molecule has 7 heteroatoms. The van der Waals surface area contributed by atoms with Gasteiger partial charge in [0.05, 0.1) is 0 Å². The Morgan fingerprint density at radius 3 is 2.33 bits per heavy atom. The standard InChI is InChI=1S/C17H23N3O3S/c1-12-5-7-16(8-6-12)20-10-9-19(11-13(20)2)24(21,22)17-14(3)18-23-15(17)4/h5-8,13H,9-11H2,1-4H3. The molecule has 3 rings (SSSR count). The van der Waals surface area contributed by atoms with Crippen molar-refractivity contribution in [1.82, 2.24) is 9.46 Å². The van der Waals surface area contributed by atoms with Crippen LogP contribution in [0.1, 0.15) is 23.9 Å². The second-order valence-corrected chi connectivity index (χ2v) is 8.27. The molecular formula is C17H23N3O3S. The van der Waals surface area contributed by atoms with E-state index in [1.807, 2.05) is 0 Å². The maximum atomic E-state index is 12.9. The van der Waals surface area contributed by atoms with Crippen molar-refractivity contribution in [3.05, 3.63) is 41.3 Å². The molecule has 2 heterocycles. The lowest BCUT2D eigenvalue weighted by molar-refractivity contribution is 0.341. The molecule has 0 saturated carbocycles. The van der Waals surface area contributed by atoms with Crippen LogP contribution in [0.2, 0.25) is 0 Å². The Bertz CT molecular complexity index is 808. The van der Waals surface area contributed by atoms with E-state index in [1.54, 1.807) is 13.8 Å². The number of rotatable bonds is 3. The summed E-state index contributed by atoms with van der Waals surface area (Å²) in [7, 11) is -3.57. The molecule has 0 aliphatic carbocycles. The molecule has 1 aromatic heterocycles. The van der Waals surface area contributed by atoms with Crippen LogP contribution in [-0.2, 0) is 10.0 Å². The SMILES string of the molecule is Cc1ccc(N2CCN(S(=O)(=O)c3c(C)noc3C)CC2C)cc1. The zero-order chi connectivity index (χ0) is 17.5. The second kappa shape index (κ2) is 6.22. The Hall–Kier alpha value is -1.86. The predicted octanol–water partition coefficient (Wildman–Crippen LogP) is 2.50. The molecule has 0 radical (unpaired) electrons. The molecule has 6 nitrogen and oxygen atoms in total. The topological polar surface area (TPSA) is 66.7 Å². The molecule has 24 heavy (non-hydrogen) atoms. The van der Waals surface area contributed by atoms with Crippen molar-refractivity contribution in [2.45, 2.75) is 38.6 Å². The maximum absolute atomic E-state index is 12.9. The van der Waals surface area contributed by atoms with Gasteiger partial charge in [0.25, 0.3) is 0 Å². The van der Waals surface area contributed by atoms with Gasteiger partial charge in [-0.2, -0.15) is 4.31 Å². The van der Waals surface area contributed by atoms with Gasteiger partial charge in [-0.15, -0.1) is 0 Å². The Kier molecular flexibility index (Phi) is 4.40. The lowest BCUT2D eigenvalue weighted by Gasteiger charge is -2.40. The highest BCUT2D eigenvalue weighted by Gasteiger charge is 2.35. The first kappa shape index (κ1) is 17.0. The predicted molar refractivity (Wildman–Crippen MR) is 92.7 cm³/mol. The van der Waals surface area contributed by atoms with Gasteiger partial charge in [-0.3, -0.25) is 0 Å². The fraction of sp³-hybridized carbons (Fsp3) is 0.471. The van der Waals surface area contributed by atoms with Crippen molar-refractivity contribution in [2.75, 3.05) is 24.5 Å². The summed E-state index contributed by atoms with van der Waals surface area (Å²) in [5, 5.41) is 3.78. The number of aromatic nitrogens is 1. The average molecular weight is 349 g/mol. The van der Waals surface area contributed by atoms with Crippen LogP contribution in [0.15, 0.2) is 33.7 Å². The van der Waals surface area contributed by atoms with E-state index in [1.165, 1.54) is 9.87 Å². The van der Waals surface area contributed by atoms with Crippen LogP contribution in [0.4, 0.5) is 5.69 Å². The Labute approximate surface area is 143 Å². The van der Waals surface area contributed by atoms with E-state index in [2.05, 4.69) is 48.2 Å². The first-order chi connectivity index (χ1) is 11.3. The highest BCUT2D eigenvalue weighted by Crippen LogP contribution is 2.27. The summed E-state index contributed by atoms with van der Waals surface area (Å²) in [6, 6.07) is 8.43. The molecule has 1 unspecified atom stereocenters. The minimum absolute atomic E-state index is 0.0942. The van der Waals surface area contributed by atoms with Crippen LogP contribution in [0.5, 0.6) is 0 Å². The molecule has 1 saturated heterocycles. The van der Waals surface area contributed by atoms with Crippen molar-refractivity contribution in [3.63, 3.8) is 0 Å². The zero-order valence-electron chi connectivity index (χ0n) is 14.5. The molecule has 0 spiro atoms. The molecule has 2 aromatic rings. The van der Waals surface area contributed by atoms with Gasteiger partial charge < -0.3 is 9.42 Å². The Balaban J connectivity index is 1.81. The zero-order valence-corrected chi connectivity index (χ0v) is 15.3. The summed E-state index contributed by atoms with van der Waals surface area (Å²) in [6.45, 7) is 8.96. The third-order valence-corrected chi connectivity index (χ3v) is 6.63. The van der Waals surface area contributed by atoms with Crippen LogP contribution >= 0.6 is 0 Å². The summed E-state index contributed by atoms with van der Waals surface area (Å²) in [5.74, 6) is 0.348. The molecule has 1 atom stereocenters. The number of anilines is 1. The monoisotopic (exact) mass is 349 g/mol. The van der Waals surface area contributed by atoms with Gasteiger partial charge in [0.2, 0.25) is 10.0 Å². The Morgan fingerprint density at radius 2 is 1.79 bits per heavy atom. The van der Waals surface area contributed by atoms with E-state index in [9.17, 15) is 8.42 Å². The number of piperazine rings is 1. The smallest absolute Gasteiger partial charge is 0.248 e. The molecule has 0 bridgehead atoms. The molecule has 1 aliphatic heterocycles. The fourth-order valence-corrected chi connectivity index (χ4v) is 5.04. The average Bonchev–Trinajstić information content (AvgIpc) is 2.88. The van der Waals surface area contributed by atoms with E-state index >= 15 is 0 Å². The number of benzene rings is 1. The van der Waals surface area contributed by atoms with Crippen LogP contribution < -0.4 is 4.90 Å². The third-order valence-electron chi connectivity index (χ3n) is 4.52. The van der Waals surface area contributed by atoms with Gasteiger partial charge in [-0.25, -0.2) is 8.42 Å². The number of sulfonamides is 1. The molecule has 130 valence electrons. The Morgan fingerprint density at radius 1 is 1.12 bits per heavy atom. The van der Waals surface area contributed by atoms with Gasteiger partial charge in [0.1, 0.15) is 10.6 Å². The first-order valence-corrected chi connectivity index (χ1v) is 9.51. The van der Waals surface area contributed by atoms with Gasteiger partial charge in [0, 0.05) is 31.4 Å². The molecular weight excluding hydrogens is 326 g/mol. The summed E-state index contributed by atoms with van der Waals surface area (Å²) in [6.07, 6.45) is 0. The summed E-state index contributed by atoms with van der Waals surface area (Å²) >= 11 is 0. The molecule has 1 fully saturated rings. The van der Waals surface area contributed by atoms with Crippen LogP contribution in [0, 0.1) is 20.8 Å². The summed E-state index contributed by atoms with van der Waals surface area (Å²) < 4.78 is 32.4. The van der Waals surface area contributed by atoms with Crippen molar-refractivity contribution in [3.8, 4) is 0 Å². The minimum atomic E-state index is -3.57. The highest BCUT2D eigenvalue weighted by atomic mass is 32.2. The van der Waals surface area contributed by atoms with Crippen LogP contribution in [-0.4, -0.2) is 43.6 Å². The van der Waals surface area contributed by atoms with Crippen LogP contribution in [0.25, 0.3) is 0 Å². The second-order valence-electron chi connectivity index (χ2n) is 6.39. The van der Waals surface area contributed by atoms with Gasteiger partial charge >= 0.3 is 0 Å². The third kappa shape index (κ3) is 2.93. The van der Waals surface area contributed by atoms with E-state index in [-0.39, 0.29) is 10.9 Å². The quantitative estimate of drug-likeness (QED) is 0.852. The first-order valence-electron chi connectivity index (χ1n) is 8.07. The van der Waals surface area contributed by atoms with Crippen LogP contribution in [0.3, 0.4) is 0 Å². The van der Waals surface area contributed by atoms with Gasteiger partial charge in [-0.1, -0.05) is 22.9 Å². The highest BCUT2D eigenvalue weighted by molar-refractivity contribution is 7.89. The lowest BCUT2D eigenvalue weighted by atomic mass is 10.1. The fourth-order valence-electron chi connectivity index (χ4n) is 3.23. The normalized spacial score (nSPS) is 19.7. The number of nitrogens with zero attached hydrogens (tertiary/aromatic N) is 3.